The lowest BCUT2D eigenvalue weighted by Gasteiger charge is -2.34. The Hall–Kier alpha value is -2.04. The summed E-state index contributed by atoms with van der Waals surface area (Å²) >= 11 is 0. The minimum absolute atomic E-state index is 0.543. The molecular formula is C23H31NO3. The molecule has 0 amide bonds. The summed E-state index contributed by atoms with van der Waals surface area (Å²) in [6.07, 6.45) is 1.35. The highest BCUT2D eigenvalue weighted by Crippen LogP contribution is 2.25. The molecule has 2 aromatic rings. The summed E-state index contributed by atoms with van der Waals surface area (Å²) in [7, 11) is 0. The first-order valence-electron chi connectivity index (χ1n) is 9.95. The monoisotopic (exact) mass is 369 g/mol. The van der Waals surface area contributed by atoms with Gasteiger partial charge in [0.05, 0.1) is 13.2 Å². The lowest BCUT2D eigenvalue weighted by molar-refractivity contribution is 0.0595. The molecule has 0 saturated carbocycles. The molecule has 1 aliphatic rings. The van der Waals surface area contributed by atoms with Gasteiger partial charge in [-0.2, -0.15) is 0 Å². The number of likely N-dealkylation sites (tertiary alicyclic amines) is 1. The number of ether oxygens (including phenoxy) is 3. The Kier molecular flexibility index (Phi) is 7.55. The molecule has 1 heterocycles. The van der Waals surface area contributed by atoms with E-state index in [1.54, 1.807) is 0 Å². The maximum Gasteiger partial charge on any atom is 0.131 e. The Morgan fingerprint density at radius 2 is 1.52 bits per heavy atom. The van der Waals surface area contributed by atoms with E-state index in [1.807, 2.05) is 54.6 Å². The maximum atomic E-state index is 5.83. The molecule has 4 heteroatoms. The zero-order valence-electron chi connectivity index (χ0n) is 16.5. The van der Waals surface area contributed by atoms with Crippen LogP contribution in [-0.4, -0.2) is 44.4 Å². The average Bonchev–Trinajstić information content (AvgIpc) is 2.65. The van der Waals surface area contributed by atoms with Gasteiger partial charge in [-0.3, -0.25) is 0 Å². The van der Waals surface area contributed by atoms with Crippen molar-refractivity contribution >= 4 is 0 Å². The van der Waals surface area contributed by atoms with Crippen LogP contribution in [0.2, 0.25) is 0 Å². The highest BCUT2D eigenvalue weighted by molar-refractivity contribution is 5.36. The van der Waals surface area contributed by atoms with E-state index in [2.05, 4.69) is 18.7 Å². The Labute approximate surface area is 163 Å². The van der Waals surface area contributed by atoms with Crippen LogP contribution in [0.25, 0.3) is 0 Å². The fourth-order valence-electron chi connectivity index (χ4n) is 3.74. The molecular weight excluding hydrogens is 338 g/mol. The Balaban J connectivity index is 1.33. The standard InChI is InChI=1S/C23H31NO3/c1-19-15-20(2)18-24(17-19)11-12-25-13-14-26-22-9-6-10-23(16-22)27-21-7-4-3-5-8-21/h3-10,16,19-20H,11-15,17-18H2,1-2H3/t19-,20-/m1/s1. The predicted molar refractivity (Wildman–Crippen MR) is 109 cm³/mol. The van der Waals surface area contributed by atoms with Crippen LogP contribution in [0.4, 0.5) is 0 Å². The van der Waals surface area contributed by atoms with Crippen molar-refractivity contribution in [3.8, 4) is 17.2 Å². The third-order valence-electron chi connectivity index (χ3n) is 4.78. The quantitative estimate of drug-likeness (QED) is 0.591. The first-order chi connectivity index (χ1) is 13.2. The smallest absolute Gasteiger partial charge is 0.131 e. The second kappa shape index (κ2) is 10.3. The molecule has 0 aliphatic carbocycles. The summed E-state index contributed by atoms with van der Waals surface area (Å²) in [5.74, 6) is 3.97. The third kappa shape index (κ3) is 6.89. The first kappa shape index (κ1) is 19.7. The van der Waals surface area contributed by atoms with Gasteiger partial charge in [0.15, 0.2) is 0 Å². The second-order valence-corrected chi connectivity index (χ2v) is 7.56. The molecule has 27 heavy (non-hydrogen) atoms. The minimum Gasteiger partial charge on any atom is -0.491 e. The van der Waals surface area contributed by atoms with Gasteiger partial charge in [-0.15, -0.1) is 0 Å². The summed E-state index contributed by atoms with van der Waals surface area (Å²) < 4.78 is 17.4. The zero-order chi connectivity index (χ0) is 18.9. The lowest BCUT2D eigenvalue weighted by Crippen LogP contribution is -2.40. The van der Waals surface area contributed by atoms with Crippen LogP contribution in [0.5, 0.6) is 17.2 Å². The molecule has 4 nitrogen and oxygen atoms in total. The third-order valence-corrected chi connectivity index (χ3v) is 4.78. The van der Waals surface area contributed by atoms with Gasteiger partial charge in [-0.05, 0) is 42.5 Å². The molecule has 0 unspecified atom stereocenters. The summed E-state index contributed by atoms with van der Waals surface area (Å²) in [6.45, 7) is 9.98. The van der Waals surface area contributed by atoms with Gasteiger partial charge in [0, 0.05) is 25.7 Å². The number of nitrogens with zero attached hydrogens (tertiary/aromatic N) is 1. The Morgan fingerprint density at radius 3 is 2.30 bits per heavy atom. The van der Waals surface area contributed by atoms with E-state index < -0.39 is 0 Å². The van der Waals surface area contributed by atoms with Crippen molar-refractivity contribution in [3.05, 3.63) is 54.6 Å². The Morgan fingerprint density at radius 1 is 0.815 bits per heavy atom. The second-order valence-electron chi connectivity index (χ2n) is 7.56. The highest BCUT2D eigenvalue weighted by atomic mass is 16.5. The molecule has 2 atom stereocenters. The van der Waals surface area contributed by atoms with Crippen LogP contribution in [0.3, 0.4) is 0 Å². The molecule has 0 aromatic heterocycles. The molecule has 3 rings (SSSR count). The van der Waals surface area contributed by atoms with Gasteiger partial charge >= 0.3 is 0 Å². The van der Waals surface area contributed by atoms with Crippen LogP contribution >= 0.6 is 0 Å². The van der Waals surface area contributed by atoms with E-state index in [1.165, 1.54) is 19.5 Å². The summed E-state index contributed by atoms with van der Waals surface area (Å²) in [4.78, 5) is 2.52. The van der Waals surface area contributed by atoms with Gasteiger partial charge in [-0.1, -0.05) is 38.1 Å². The predicted octanol–water partition coefficient (Wildman–Crippen LogP) is 4.85. The van der Waals surface area contributed by atoms with Crippen molar-refractivity contribution in [2.75, 3.05) is 39.5 Å². The molecule has 1 aliphatic heterocycles. The first-order valence-corrected chi connectivity index (χ1v) is 9.95. The number of hydrogen-bond donors (Lipinski definition) is 0. The van der Waals surface area contributed by atoms with Gasteiger partial charge in [0.1, 0.15) is 23.9 Å². The SMILES string of the molecule is C[C@@H]1C[C@@H](C)CN(CCOCCOc2cccc(Oc3ccccc3)c2)C1. The molecule has 1 fully saturated rings. The van der Waals surface area contributed by atoms with Crippen molar-refractivity contribution < 1.29 is 14.2 Å². The van der Waals surface area contributed by atoms with Crippen molar-refractivity contribution in [2.45, 2.75) is 20.3 Å². The van der Waals surface area contributed by atoms with Crippen molar-refractivity contribution in [2.24, 2.45) is 11.8 Å². The van der Waals surface area contributed by atoms with Crippen LogP contribution < -0.4 is 9.47 Å². The fourth-order valence-corrected chi connectivity index (χ4v) is 3.74. The van der Waals surface area contributed by atoms with Crippen molar-refractivity contribution in [1.82, 2.24) is 4.90 Å². The van der Waals surface area contributed by atoms with Crippen LogP contribution in [-0.2, 0) is 4.74 Å². The van der Waals surface area contributed by atoms with Gasteiger partial charge in [0.2, 0.25) is 0 Å². The van der Waals surface area contributed by atoms with Crippen molar-refractivity contribution in [1.29, 1.82) is 0 Å². The van der Waals surface area contributed by atoms with E-state index in [-0.39, 0.29) is 0 Å². The largest absolute Gasteiger partial charge is 0.491 e. The fraction of sp³-hybridized carbons (Fsp3) is 0.478. The number of hydrogen-bond acceptors (Lipinski definition) is 4. The summed E-state index contributed by atoms with van der Waals surface area (Å²) in [6, 6.07) is 17.5. The normalized spacial score (nSPS) is 20.4. The topological polar surface area (TPSA) is 30.9 Å². The van der Waals surface area contributed by atoms with Crippen LogP contribution in [0, 0.1) is 11.8 Å². The molecule has 0 spiro atoms. The van der Waals surface area contributed by atoms with Crippen LogP contribution in [0.15, 0.2) is 54.6 Å². The van der Waals surface area contributed by atoms with Crippen LogP contribution in [0.1, 0.15) is 20.3 Å². The zero-order valence-corrected chi connectivity index (χ0v) is 16.5. The van der Waals surface area contributed by atoms with E-state index in [0.717, 1.165) is 42.2 Å². The number of para-hydroxylation sites is 1. The summed E-state index contributed by atoms with van der Waals surface area (Å²) in [5.41, 5.74) is 0. The minimum atomic E-state index is 0.543. The molecule has 146 valence electrons. The number of rotatable bonds is 9. The molecule has 0 radical (unpaired) electrons. The molecule has 0 bridgehead atoms. The van der Waals surface area contributed by atoms with Gasteiger partial charge in [-0.25, -0.2) is 0 Å². The highest BCUT2D eigenvalue weighted by Gasteiger charge is 2.21. The summed E-state index contributed by atoms with van der Waals surface area (Å²) in [5, 5.41) is 0. The average molecular weight is 370 g/mol. The molecule has 2 aromatic carbocycles. The number of benzene rings is 2. The number of piperidine rings is 1. The maximum absolute atomic E-state index is 5.83. The Bertz CT molecular complexity index is 666. The van der Waals surface area contributed by atoms with E-state index >= 15 is 0 Å². The van der Waals surface area contributed by atoms with Gasteiger partial charge < -0.3 is 19.1 Å². The lowest BCUT2D eigenvalue weighted by atomic mass is 9.92. The van der Waals surface area contributed by atoms with Gasteiger partial charge in [0.25, 0.3) is 0 Å². The molecule has 0 N–H and O–H groups in total. The molecule has 1 saturated heterocycles. The van der Waals surface area contributed by atoms with Crippen molar-refractivity contribution in [3.63, 3.8) is 0 Å². The van der Waals surface area contributed by atoms with E-state index in [0.29, 0.717) is 13.2 Å². The van der Waals surface area contributed by atoms with E-state index in [4.69, 9.17) is 14.2 Å². The van der Waals surface area contributed by atoms with E-state index in [9.17, 15) is 0 Å².